The number of unbranched alkanes of at least 4 members (excludes halogenated alkanes) is 2. The van der Waals surface area contributed by atoms with Crippen molar-refractivity contribution >= 4 is 35.1 Å². The zero-order valence-electron chi connectivity index (χ0n) is 24.4. The molecule has 41 heavy (non-hydrogen) atoms. The van der Waals surface area contributed by atoms with Crippen LogP contribution in [0.15, 0.2) is 49.6 Å². The molecule has 1 spiro atoms. The summed E-state index contributed by atoms with van der Waals surface area (Å²) >= 11 is 6.54. The number of carbonyl (C=O) groups excluding carboxylic acids is 3. The lowest BCUT2D eigenvalue weighted by Crippen LogP contribution is -2.59. The van der Waals surface area contributed by atoms with Gasteiger partial charge in [0, 0.05) is 6.54 Å². The van der Waals surface area contributed by atoms with Crippen LogP contribution in [-0.4, -0.2) is 70.8 Å². The van der Waals surface area contributed by atoms with Crippen LogP contribution in [0.4, 0.5) is 5.69 Å². The zero-order chi connectivity index (χ0) is 29.9. The van der Waals surface area contributed by atoms with Gasteiger partial charge in [0.25, 0.3) is 5.91 Å². The molecule has 3 fully saturated rings. The molecule has 6 atom stereocenters. The van der Waals surface area contributed by atoms with Gasteiger partial charge >= 0.3 is 5.97 Å². The van der Waals surface area contributed by atoms with Gasteiger partial charge in [-0.3, -0.25) is 14.4 Å². The molecular formula is C32H43ClN2O6. The highest BCUT2D eigenvalue weighted by Gasteiger charge is 2.79. The van der Waals surface area contributed by atoms with Crippen LogP contribution in [-0.2, 0) is 23.9 Å². The van der Waals surface area contributed by atoms with Gasteiger partial charge in [0.1, 0.15) is 17.6 Å². The van der Waals surface area contributed by atoms with Crippen molar-refractivity contribution in [3.63, 3.8) is 0 Å². The SMILES string of the molecule is C=CCCCCOC(=O)[C@H]1[C@H]2C(=O)N([C@@H](CO)CC(C)C)C(C(=O)N(CC=C)c3ccccc3Cl)C23CC[C@]1(C)O3. The molecule has 1 aromatic carbocycles. The van der Waals surface area contributed by atoms with Crippen LogP contribution in [0.3, 0.4) is 0 Å². The van der Waals surface area contributed by atoms with Gasteiger partial charge in [-0.15, -0.1) is 13.2 Å². The van der Waals surface area contributed by atoms with Crippen LogP contribution in [0.5, 0.6) is 0 Å². The number of nitrogens with zero attached hydrogens (tertiary/aromatic N) is 2. The molecule has 0 aliphatic carbocycles. The van der Waals surface area contributed by atoms with Gasteiger partial charge in [0.05, 0.1) is 41.5 Å². The van der Waals surface area contributed by atoms with E-state index in [-0.39, 0.29) is 37.5 Å². The highest BCUT2D eigenvalue weighted by Crippen LogP contribution is 2.64. The lowest BCUT2D eigenvalue weighted by Gasteiger charge is -2.40. The Morgan fingerprint density at radius 2 is 1.98 bits per heavy atom. The quantitative estimate of drug-likeness (QED) is 0.189. The van der Waals surface area contributed by atoms with Crippen LogP contribution in [0.1, 0.15) is 59.3 Å². The van der Waals surface area contributed by atoms with Gasteiger partial charge < -0.3 is 24.4 Å². The van der Waals surface area contributed by atoms with Crippen molar-refractivity contribution in [1.29, 1.82) is 0 Å². The number of carbonyl (C=O) groups is 3. The van der Waals surface area contributed by atoms with E-state index in [1.807, 2.05) is 26.8 Å². The molecule has 3 saturated heterocycles. The highest BCUT2D eigenvalue weighted by atomic mass is 35.5. The summed E-state index contributed by atoms with van der Waals surface area (Å²) in [7, 11) is 0. The maximum absolute atomic E-state index is 14.7. The molecule has 0 radical (unpaired) electrons. The Bertz CT molecular complexity index is 1170. The number of anilines is 1. The predicted molar refractivity (Wildman–Crippen MR) is 158 cm³/mol. The van der Waals surface area contributed by atoms with Crippen LogP contribution in [0, 0.1) is 17.8 Å². The van der Waals surface area contributed by atoms with E-state index in [0.29, 0.717) is 36.4 Å². The normalized spacial score (nSPS) is 29.0. The number of rotatable bonds is 14. The van der Waals surface area contributed by atoms with E-state index < -0.39 is 41.1 Å². The molecule has 2 bridgehead atoms. The number of para-hydroxylation sites is 1. The van der Waals surface area contributed by atoms with Gasteiger partial charge in [0.2, 0.25) is 5.91 Å². The highest BCUT2D eigenvalue weighted by molar-refractivity contribution is 6.34. The minimum Gasteiger partial charge on any atom is -0.465 e. The molecule has 3 aliphatic heterocycles. The second-order valence-corrected chi connectivity index (χ2v) is 12.5. The molecule has 224 valence electrons. The summed E-state index contributed by atoms with van der Waals surface area (Å²) in [5.74, 6) is -2.80. The first-order valence-corrected chi connectivity index (χ1v) is 15.0. The number of hydrogen-bond acceptors (Lipinski definition) is 6. The van der Waals surface area contributed by atoms with Crippen LogP contribution in [0.25, 0.3) is 0 Å². The summed E-state index contributed by atoms with van der Waals surface area (Å²) < 4.78 is 12.4. The summed E-state index contributed by atoms with van der Waals surface area (Å²) in [5, 5.41) is 10.9. The minimum atomic E-state index is -1.24. The Kier molecular flexibility index (Phi) is 9.66. The third-order valence-corrected chi connectivity index (χ3v) is 9.14. The number of halogens is 1. The van der Waals surface area contributed by atoms with E-state index in [9.17, 15) is 19.5 Å². The number of allylic oxidation sites excluding steroid dienone is 1. The number of ether oxygens (including phenoxy) is 2. The Balaban J connectivity index is 1.77. The molecule has 3 heterocycles. The molecule has 1 N–H and O–H groups in total. The molecular weight excluding hydrogens is 544 g/mol. The van der Waals surface area contributed by atoms with Crippen molar-refractivity contribution in [1.82, 2.24) is 4.90 Å². The number of aliphatic hydroxyl groups is 1. The van der Waals surface area contributed by atoms with Gasteiger partial charge in [-0.25, -0.2) is 0 Å². The molecule has 2 amide bonds. The molecule has 2 unspecified atom stereocenters. The fourth-order valence-electron chi connectivity index (χ4n) is 7.12. The number of fused-ring (bicyclic) bond motifs is 1. The van der Waals surface area contributed by atoms with Crippen molar-refractivity contribution in [3.05, 3.63) is 54.6 Å². The van der Waals surface area contributed by atoms with E-state index in [0.717, 1.165) is 12.8 Å². The van der Waals surface area contributed by atoms with Gasteiger partial charge in [-0.05, 0) is 63.5 Å². The average Bonchev–Trinajstić information content (AvgIpc) is 3.51. The van der Waals surface area contributed by atoms with Crippen molar-refractivity contribution in [2.24, 2.45) is 17.8 Å². The summed E-state index contributed by atoms with van der Waals surface area (Å²) in [5.41, 5.74) is -1.69. The fraction of sp³-hybridized carbons (Fsp3) is 0.594. The minimum absolute atomic E-state index is 0.146. The third-order valence-electron chi connectivity index (χ3n) is 8.82. The van der Waals surface area contributed by atoms with Crippen molar-refractivity contribution in [3.8, 4) is 0 Å². The van der Waals surface area contributed by atoms with E-state index >= 15 is 0 Å². The Hall–Kier alpha value is -2.68. The predicted octanol–water partition coefficient (Wildman–Crippen LogP) is 4.93. The van der Waals surface area contributed by atoms with Gasteiger partial charge in [-0.2, -0.15) is 0 Å². The van der Waals surface area contributed by atoms with Crippen LogP contribution >= 0.6 is 11.6 Å². The number of amides is 2. The van der Waals surface area contributed by atoms with Crippen molar-refractivity contribution in [2.75, 3.05) is 24.7 Å². The molecule has 8 nitrogen and oxygen atoms in total. The van der Waals surface area contributed by atoms with Crippen molar-refractivity contribution < 1.29 is 29.0 Å². The van der Waals surface area contributed by atoms with E-state index in [4.69, 9.17) is 21.1 Å². The average molecular weight is 587 g/mol. The lowest BCUT2D eigenvalue weighted by molar-refractivity contribution is -0.160. The Morgan fingerprint density at radius 1 is 1.24 bits per heavy atom. The summed E-state index contributed by atoms with van der Waals surface area (Å²) in [6.45, 7) is 13.5. The third kappa shape index (κ3) is 5.58. The number of hydrogen-bond donors (Lipinski definition) is 1. The maximum Gasteiger partial charge on any atom is 0.312 e. The van der Waals surface area contributed by atoms with E-state index in [1.165, 1.54) is 9.80 Å². The molecule has 9 heteroatoms. The van der Waals surface area contributed by atoms with Crippen LogP contribution in [0.2, 0.25) is 5.02 Å². The van der Waals surface area contributed by atoms with E-state index in [2.05, 4.69) is 13.2 Å². The number of likely N-dealkylation sites (tertiary alicyclic amines) is 1. The fourth-order valence-corrected chi connectivity index (χ4v) is 7.36. The van der Waals surface area contributed by atoms with Crippen LogP contribution < -0.4 is 4.90 Å². The maximum atomic E-state index is 14.7. The standard InChI is InChI=1S/C32H43ClN2O6/c1-6-8-9-12-18-40-30(39)26-25-28(37)35(22(20-36)19-21(3)4)27(32(25)16-15-31(26,5)41-32)29(38)34(17-7-2)24-14-11-10-13-23(24)33/h6-7,10-11,13-14,21-22,25-27,36H,1-2,8-9,12,15-20H2,3-5H3/t22-,25+,26-,27?,31+,32?/m1/s1. The second kappa shape index (κ2) is 12.7. The van der Waals surface area contributed by atoms with E-state index in [1.54, 1.807) is 30.3 Å². The van der Waals surface area contributed by atoms with Gasteiger partial charge in [0.15, 0.2) is 0 Å². The Morgan fingerprint density at radius 3 is 2.61 bits per heavy atom. The first-order chi connectivity index (χ1) is 19.6. The van der Waals surface area contributed by atoms with Gasteiger partial charge in [-0.1, -0.05) is 49.7 Å². The smallest absolute Gasteiger partial charge is 0.312 e. The molecule has 0 aromatic heterocycles. The lowest BCUT2D eigenvalue weighted by atomic mass is 9.66. The first-order valence-electron chi connectivity index (χ1n) is 14.6. The van der Waals surface area contributed by atoms with Crippen molar-refractivity contribution in [2.45, 2.75) is 82.6 Å². The number of esters is 1. The second-order valence-electron chi connectivity index (χ2n) is 12.1. The first kappa shape index (κ1) is 31.3. The molecule has 3 aliphatic rings. The monoisotopic (exact) mass is 586 g/mol. The molecule has 0 saturated carbocycles. The molecule has 4 rings (SSSR count). The molecule has 1 aromatic rings. The number of benzene rings is 1. The zero-order valence-corrected chi connectivity index (χ0v) is 25.1. The summed E-state index contributed by atoms with van der Waals surface area (Å²) in [6.07, 6.45) is 7.22. The summed E-state index contributed by atoms with van der Waals surface area (Å²) in [6, 6.07) is 5.34. The summed E-state index contributed by atoms with van der Waals surface area (Å²) in [4.78, 5) is 45.7. The Labute approximate surface area is 248 Å². The number of aliphatic hydroxyl groups excluding tert-OH is 1. The topological polar surface area (TPSA) is 96.4 Å². The largest absolute Gasteiger partial charge is 0.465 e.